The van der Waals surface area contributed by atoms with Gasteiger partial charge in [0.05, 0.1) is 21.7 Å². The number of nitrogens with zero attached hydrogens (tertiary/aromatic N) is 3. The van der Waals surface area contributed by atoms with Crippen LogP contribution in [0.2, 0.25) is 0 Å². The molecule has 0 atom stereocenters. The van der Waals surface area contributed by atoms with E-state index < -0.39 is 5.69 Å². The van der Waals surface area contributed by atoms with Crippen molar-refractivity contribution in [1.29, 1.82) is 0 Å². The number of nitrogens with one attached hydrogen (secondary N) is 1. The third-order valence-electron chi connectivity index (χ3n) is 3.27. The maximum atomic E-state index is 12.5. The molecule has 0 amide bonds. The highest BCUT2D eigenvalue weighted by Gasteiger charge is 2.16. The highest BCUT2D eigenvalue weighted by Crippen LogP contribution is 2.24. The summed E-state index contributed by atoms with van der Waals surface area (Å²) in [6.07, 6.45) is 8.13. The zero-order valence-corrected chi connectivity index (χ0v) is 12.9. The van der Waals surface area contributed by atoms with Gasteiger partial charge in [-0.3, -0.25) is 0 Å². The monoisotopic (exact) mass is 314 g/mol. The van der Waals surface area contributed by atoms with E-state index in [1.807, 2.05) is 19.1 Å². The normalized spacial score (nSPS) is 13.7. The lowest BCUT2D eigenvalue weighted by molar-refractivity contribution is 0.542. The molecule has 112 valence electrons. The predicted octanol–water partition coefficient (Wildman–Crippen LogP) is 1.61. The molecule has 3 aromatic rings. The second-order valence-electron chi connectivity index (χ2n) is 4.51. The van der Waals surface area contributed by atoms with Crippen LogP contribution in [0.15, 0.2) is 35.3 Å². The molecule has 22 heavy (non-hydrogen) atoms. The van der Waals surface area contributed by atoms with Crippen LogP contribution in [0.4, 0.5) is 0 Å². The number of aromatic nitrogens is 3. The Balaban J connectivity index is 2.50. The Morgan fingerprint density at radius 2 is 2.32 bits per heavy atom. The minimum Gasteiger partial charge on any atom is -0.514 e. The molecule has 0 aromatic carbocycles. The second-order valence-corrected chi connectivity index (χ2v) is 5.54. The van der Waals surface area contributed by atoms with Gasteiger partial charge in [0, 0.05) is 13.2 Å². The van der Waals surface area contributed by atoms with Crippen molar-refractivity contribution < 1.29 is 5.11 Å². The molecular weight excluding hydrogens is 300 g/mol. The van der Waals surface area contributed by atoms with E-state index in [0.29, 0.717) is 21.4 Å². The largest absolute Gasteiger partial charge is 0.514 e. The molecule has 0 saturated carbocycles. The zero-order valence-electron chi connectivity index (χ0n) is 12.1. The van der Waals surface area contributed by atoms with Crippen LogP contribution in [0, 0.1) is 0 Å². The molecule has 0 unspecified atom stereocenters. The fraction of sp³-hybridized carbons (Fsp3) is 0.133. The lowest BCUT2D eigenvalue weighted by atomic mass is 10.2. The van der Waals surface area contributed by atoms with Gasteiger partial charge < -0.3 is 10.4 Å². The first-order valence-corrected chi connectivity index (χ1v) is 7.48. The van der Waals surface area contributed by atoms with Crippen molar-refractivity contribution in [2.24, 2.45) is 0 Å². The zero-order chi connectivity index (χ0) is 15.7. The molecule has 0 saturated heterocycles. The van der Waals surface area contributed by atoms with Gasteiger partial charge in [-0.05, 0) is 19.1 Å². The number of allylic oxidation sites excluding steroid dienone is 3. The first-order chi connectivity index (χ1) is 10.7. The SMILES string of the molecule is C/C=C\C=C(/NC)n1c(=O)nc2/c(=C/O)sc3nccc1c32. The van der Waals surface area contributed by atoms with Crippen molar-refractivity contribution in [2.75, 3.05) is 7.05 Å². The van der Waals surface area contributed by atoms with Crippen LogP contribution >= 0.6 is 11.3 Å². The topological polar surface area (TPSA) is 80.0 Å². The minimum absolute atomic E-state index is 0.411. The van der Waals surface area contributed by atoms with Crippen molar-refractivity contribution in [1.82, 2.24) is 19.9 Å². The quantitative estimate of drug-likeness (QED) is 0.718. The van der Waals surface area contributed by atoms with Crippen molar-refractivity contribution in [3.63, 3.8) is 0 Å². The van der Waals surface area contributed by atoms with Crippen molar-refractivity contribution in [2.45, 2.75) is 6.92 Å². The smallest absolute Gasteiger partial charge is 0.354 e. The van der Waals surface area contributed by atoms with E-state index in [1.165, 1.54) is 15.9 Å². The number of hydrogen-bond donors (Lipinski definition) is 2. The van der Waals surface area contributed by atoms with E-state index in [9.17, 15) is 9.90 Å². The summed E-state index contributed by atoms with van der Waals surface area (Å²) in [4.78, 5) is 21.6. The Bertz CT molecular complexity index is 1010. The highest BCUT2D eigenvalue weighted by atomic mass is 32.1. The van der Waals surface area contributed by atoms with Crippen LogP contribution < -0.4 is 15.5 Å². The highest BCUT2D eigenvalue weighted by molar-refractivity contribution is 7.17. The van der Waals surface area contributed by atoms with Crippen LogP contribution in [0.5, 0.6) is 0 Å². The first kappa shape index (κ1) is 14.3. The maximum Gasteiger partial charge on any atom is 0.354 e. The second kappa shape index (κ2) is 5.61. The Morgan fingerprint density at radius 1 is 1.50 bits per heavy atom. The lowest BCUT2D eigenvalue weighted by Gasteiger charge is -2.12. The molecule has 0 spiro atoms. The third-order valence-corrected chi connectivity index (χ3v) is 4.29. The predicted molar refractivity (Wildman–Crippen MR) is 89.6 cm³/mol. The van der Waals surface area contributed by atoms with Gasteiger partial charge in [0.25, 0.3) is 0 Å². The van der Waals surface area contributed by atoms with E-state index in [4.69, 9.17) is 0 Å². The van der Waals surface area contributed by atoms with Crippen LogP contribution in [-0.4, -0.2) is 26.7 Å². The molecule has 3 aromatic heterocycles. The van der Waals surface area contributed by atoms with Gasteiger partial charge in [0.15, 0.2) is 0 Å². The molecule has 0 radical (unpaired) electrons. The average molecular weight is 314 g/mol. The molecule has 3 heterocycles. The van der Waals surface area contributed by atoms with E-state index >= 15 is 0 Å². The summed E-state index contributed by atoms with van der Waals surface area (Å²) in [5, 5.41) is 13.1. The molecule has 6 nitrogen and oxygen atoms in total. The maximum absolute atomic E-state index is 12.5. The molecule has 0 bridgehead atoms. The summed E-state index contributed by atoms with van der Waals surface area (Å²) in [7, 11) is 1.75. The van der Waals surface area contributed by atoms with Gasteiger partial charge >= 0.3 is 5.69 Å². The molecule has 7 heteroatoms. The first-order valence-electron chi connectivity index (χ1n) is 6.66. The summed E-state index contributed by atoms with van der Waals surface area (Å²) in [6, 6.07) is 1.77. The van der Waals surface area contributed by atoms with Crippen LogP contribution in [0.25, 0.3) is 33.3 Å². The van der Waals surface area contributed by atoms with Crippen molar-refractivity contribution >= 4 is 44.7 Å². The van der Waals surface area contributed by atoms with E-state index in [1.54, 1.807) is 25.4 Å². The number of aliphatic hydroxyl groups is 1. The molecule has 0 aliphatic carbocycles. The summed E-state index contributed by atoms with van der Waals surface area (Å²) >= 11 is 1.30. The number of thiophene rings is 1. The van der Waals surface area contributed by atoms with Gasteiger partial charge in [0.2, 0.25) is 0 Å². The Kier molecular flexibility index (Phi) is 3.64. The lowest BCUT2D eigenvalue weighted by Crippen LogP contribution is -2.28. The van der Waals surface area contributed by atoms with Gasteiger partial charge in [-0.2, -0.15) is 4.98 Å². The van der Waals surface area contributed by atoms with E-state index in [0.717, 1.165) is 16.5 Å². The molecule has 0 fully saturated rings. The van der Waals surface area contributed by atoms with Gasteiger partial charge in [-0.25, -0.2) is 14.3 Å². The summed E-state index contributed by atoms with van der Waals surface area (Å²) < 4.78 is 2.04. The van der Waals surface area contributed by atoms with E-state index in [-0.39, 0.29) is 0 Å². The number of aliphatic hydroxyl groups excluding tert-OH is 1. The van der Waals surface area contributed by atoms with Crippen LogP contribution in [0.1, 0.15) is 6.92 Å². The van der Waals surface area contributed by atoms with Crippen LogP contribution in [-0.2, 0) is 0 Å². The number of hydrogen-bond acceptors (Lipinski definition) is 6. The minimum atomic E-state index is -0.411. The van der Waals surface area contributed by atoms with E-state index in [2.05, 4.69) is 15.3 Å². The molecule has 2 N–H and O–H groups in total. The van der Waals surface area contributed by atoms with Crippen molar-refractivity contribution in [3.05, 3.63) is 45.5 Å². The van der Waals surface area contributed by atoms with Gasteiger partial charge in [-0.15, -0.1) is 11.3 Å². The van der Waals surface area contributed by atoms with Crippen LogP contribution in [0.3, 0.4) is 0 Å². The molecule has 3 rings (SSSR count). The fourth-order valence-corrected chi connectivity index (χ4v) is 3.25. The number of rotatable bonds is 3. The van der Waals surface area contributed by atoms with Gasteiger partial charge in [0.1, 0.15) is 16.2 Å². The molecule has 0 aliphatic rings. The Morgan fingerprint density at radius 3 is 3.00 bits per heavy atom. The summed E-state index contributed by atoms with van der Waals surface area (Å²) in [5.74, 6) is 0.616. The molecule has 0 aliphatic heterocycles. The third kappa shape index (κ3) is 2.06. The molecular formula is C15H14N4O2S. The summed E-state index contributed by atoms with van der Waals surface area (Å²) in [5.41, 5.74) is 0.773. The van der Waals surface area contributed by atoms with Crippen molar-refractivity contribution in [3.8, 4) is 0 Å². The van der Waals surface area contributed by atoms with Gasteiger partial charge in [-0.1, -0.05) is 12.2 Å². The fourth-order valence-electron chi connectivity index (χ4n) is 2.33. The average Bonchev–Trinajstić information content (AvgIpc) is 2.89. The Labute approximate surface area is 129 Å². The standard InChI is InChI=1S/C15H14N4O2S/c1-3-4-5-11(16-2)19-9-6-7-17-14-12(9)13(18-15(19)21)10(8-20)22-14/h3-8,16,20H,1-2H3/b4-3-,10-8-,11-5+. The summed E-state index contributed by atoms with van der Waals surface area (Å²) in [6.45, 7) is 1.90. The Hall–Kier alpha value is -2.67. The number of pyridine rings is 1.